The van der Waals surface area contributed by atoms with Crippen LogP contribution in [-0.2, 0) is 6.42 Å². The molecule has 0 saturated carbocycles. The lowest BCUT2D eigenvalue weighted by molar-refractivity contribution is 0.0980. The second kappa shape index (κ2) is 6.11. The Labute approximate surface area is 141 Å². The molecule has 0 spiro atoms. The quantitative estimate of drug-likeness (QED) is 0.858. The van der Waals surface area contributed by atoms with Gasteiger partial charge in [0.2, 0.25) is 5.95 Å². The number of aromatic nitrogens is 2. The van der Waals surface area contributed by atoms with Crippen molar-refractivity contribution in [1.29, 1.82) is 0 Å². The maximum atomic E-state index is 13.0. The van der Waals surface area contributed by atoms with E-state index in [1.54, 1.807) is 17.2 Å². The third kappa shape index (κ3) is 2.58. The summed E-state index contributed by atoms with van der Waals surface area (Å²) in [6.45, 7) is 2.61. The molecule has 6 nitrogen and oxygen atoms in total. The molecule has 6 heteroatoms. The van der Waals surface area contributed by atoms with Crippen molar-refractivity contribution in [3.8, 4) is 0 Å². The van der Waals surface area contributed by atoms with Crippen molar-refractivity contribution < 1.29 is 4.79 Å². The first kappa shape index (κ1) is 14.9. The molecule has 124 valence electrons. The summed E-state index contributed by atoms with van der Waals surface area (Å²) in [5.41, 5.74) is 9.25. The van der Waals surface area contributed by atoms with Crippen molar-refractivity contribution in [3.63, 3.8) is 0 Å². The Bertz CT molecular complexity index is 770. The predicted octanol–water partition coefficient (Wildman–Crippen LogP) is 2.25. The van der Waals surface area contributed by atoms with Gasteiger partial charge in [0, 0.05) is 37.2 Å². The molecule has 0 bridgehead atoms. The number of hydrogen-bond acceptors (Lipinski definition) is 5. The molecule has 1 fully saturated rings. The Kier molecular flexibility index (Phi) is 3.80. The highest BCUT2D eigenvalue weighted by Crippen LogP contribution is 2.32. The summed E-state index contributed by atoms with van der Waals surface area (Å²) in [6, 6.07) is 7.45. The van der Waals surface area contributed by atoms with Crippen LogP contribution in [0.15, 0.2) is 30.5 Å². The van der Waals surface area contributed by atoms with Gasteiger partial charge in [0.15, 0.2) is 0 Å². The van der Waals surface area contributed by atoms with Gasteiger partial charge in [-0.15, -0.1) is 0 Å². The van der Waals surface area contributed by atoms with Gasteiger partial charge < -0.3 is 15.5 Å². The summed E-state index contributed by atoms with van der Waals surface area (Å²) in [6.07, 6.45) is 5.81. The third-order valence-electron chi connectivity index (χ3n) is 4.78. The Morgan fingerprint density at radius 2 is 1.92 bits per heavy atom. The summed E-state index contributed by atoms with van der Waals surface area (Å²) in [4.78, 5) is 25.8. The van der Waals surface area contributed by atoms with Crippen LogP contribution >= 0.6 is 0 Å². The second-order valence-corrected chi connectivity index (χ2v) is 6.34. The van der Waals surface area contributed by atoms with Crippen LogP contribution in [0.3, 0.4) is 0 Å². The van der Waals surface area contributed by atoms with Gasteiger partial charge in [-0.1, -0.05) is 6.07 Å². The summed E-state index contributed by atoms with van der Waals surface area (Å²) in [7, 11) is 0. The first-order chi connectivity index (χ1) is 11.7. The molecule has 4 rings (SSSR count). The number of hydrogen-bond donors (Lipinski definition) is 1. The summed E-state index contributed by atoms with van der Waals surface area (Å²) < 4.78 is 0. The van der Waals surface area contributed by atoms with Gasteiger partial charge in [-0.25, -0.2) is 9.97 Å². The molecule has 3 heterocycles. The van der Waals surface area contributed by atoms with Gasteiger partial charge in [-0.2, -0.15) is 0 Å². The van der Waals surface area contributed by atoms with E-state index in [0.29, 0.717) is 18.2 Å². The maximum Gasteiger partial charge on any atom is 0.277 e. The Morgan fingerprint density at radius 3 is 2.75 bits per heavy atom. The fourth-order valence-electron chi connectivity index (χ4n) is 3.54. The minimum absolute atomic E-state index is 0.0793. The number of nitrogens with two attached hydrogens (primary N) is 1. The van der Waals surface area contributed by atoms with Crippen LogP contribution in [0.1, 0.15) is 35.3 Å². The standard InChI is InChI=1S/C18H21N5O/c19-14-6-3-7-16-13(14)5-4-12-23(16)17(24)15-8-9-20-18(21-15)22-10-1-2-11-22/h3,6-9H,1-2,4-5,10-12,19H2. The minimum Gasteiger partial charge on any atom is -0.398 e. The molecule has 1 amide bonds. The van der Waals surface area contributed by atoms with Crippen molar-refractivity contribution in [2.45, 2.75) is 25.7 Å². The normalized spacial score (nSPS) is 17.0. The molecule has 24 heavy (non-hydrogen) atoms. The van der Waals surface area contributed by atoms with Crippen molar-refractivity contribution >= 4 is 23.2 Å². The van der Waals surface area contributed by atoms with E-state index in [4.69, 9.17) is 5.73 Å². The van der Waals surface area contributed by atoms with Gasteiger partial charge in [0.1, 0.15) is 5.69 Å². The van der Waals surface area contributed by atoms with E-state index < -0.39 is 0 Å². The highest BCUT2D eigenvalue weighted by atomic mass is 16.2. The predicted molar refractivity (Wildman–Crippen MR) is 94.3 cm³/mol. The Balaban J connectivity index is 1.65. The minimum atomic E-state index is -0.0793. The van der Waals surface area contributed by atoms with E-state index in [9.17, 15) is 4.79 Å². The number of nitrogens with zero attached hydrogens (tertiary/aromatic N) is 4. The number of carbonyl (C=O) groups is 1. The molecular formula is C18H21N5O. The molecule has 2 N–H and O–H groups in total. The van der Waals surface area contributed by atoms with Crippen molar-refractivity contribution in [3.05, 3.63) is 41.7 Å². The average molecular weight is 323 g/mol. The maximum absolute atomic E-state index is 13.0. The first-order valence-corrected chi connectivity index (χ1v) is 8.51. The summed E-state index contributed by atoms with van der Waals surface area (Å²) in [5.74, 6) is 0.576. The zero-order chi connectivity index (χ0) is 16.5. The lowest BCUT2D eigenvalue weighted by atomic mass is 9.99. The zero-order valence-electron chi connectivity index (χ0n) is 13.6. The fourth-order valence-corrected chi connectivity index (χ4v) is 3.54. The van der Waals surface area contributed by atoms with E-state index in [-0.39, 0.29) is 5.91 Å². The number of nitrogen functional groups attached to an aromatic ring is 1. The molecule has 2 aliphatic heterocycles. The van der Waals surface area contributed by atoms with Crippen LogP contribution in [0.2, 0.25) is 0 Å². The van der Waals surface area contributed by atoms with Gasteiger partial charge in [-0.3, -0.25) is 4.79 Å². The van der Waals surface area contributed by atoms with Crippen LogP contribution in [0.5, 0.6) is 0 Å². The van der Waals surface area contributed by atoms with Crippen LogP contribution in [0, 0.1) is 0 Å². The van der Waals surface area contributed by atoms with Crippen LogP contribution < -0.4 is 15.5 Å². The van der Waals surface area contributed by atoms with Crippen LogP contribution in [0.4, 0.5) is 17.3 Å². The van der Waals surface area contributed by atoms with Crippen molar-refractivity contribution in [2.24, 2.45) is 0 Å². The molecule has 0 aliphatic carbocycles. The topological polar surface area (TPSA) is 75.3 Å². The van der Waals surface area contributed by atoms with Gasteiger partial charge in [0.05, 0.1) is 0 Å². The number of anilines is 3. The van der Waals surface area contributed by atoms with Crippen LogP contribution in [0.25, 0.3) is 0 Å². The SMILES string of the molecule is Nc1cccc2c1CCCN2C(=O)c1ccnc(N2CCCC2)n1. The van der Waals surface area contributed by atoms with E-state index >= 15 is 0 Å². The first-order valence-electron chi connectivity index (χ1n) is 8.51. The van der Waals surface area contributed by atoms with E-state index in [1.165, 1.54) is 0 Å². The third-order valence-corrected chi connectivity index (χ3v) is 4.78. The lowest BCUT2D eigenvalue weighted by Crippen LogP contribution is -2.36. The van der Waals surface area contributed by atoms with Crippen LogP contribution in [-0.4, -0.2) is 35.5 Å². The van der Waals surface area contributed by atoms with E-state index in [0.717, 1.165) is 55.7 Å². The number of carbonyl (C=O) groups excluding carboxylic acids is 1. The smallest absolute Gasteiger partial charge is 0.277 e. The molecule has 1 aromatic heterocycles. The lowest BCUT2D eigenvalue weighted by Gasteiger charge is -2.30. The average Bonchev–Trinajstić information content (AvgIpc) is 3.16. The molecule has 0 unspecified atom stereocenters. The summed E-state index contributed by atoms with van der Waals surface area (Å²) >= 11 is 0. The number of fused-ring (bicyclic) bond motifs is 1. The molecule has 1 aromatic carbocycles. The van der Waals surface area contributed by atoms with E-state index in [1.807, 2.05) is 18.2 Å². The largest absolute Gasteiger partial charge is 0.398 e. The molecule has 0 radical (unpaired) electrons. The van der Waals surface area contributed by atoms with Gasteiger partial charge in [-0.05, 0) is 49.4 Å². The van der Waals surface area contributed by atoms with Gasteiger partial charge in [0.25, 0.3) is 5.91 Å². The molecule has 2 aliphatic rings. The van der Waals surface area contributed by atoms with Gasteiger partial charge >= 0.3 is 0 Å². The molecule has 2 aromatic rings. The monoisotopic (exact) mass is 323 g/mol. The number of rotatable bonds is 2. The van der Waals surface area contributed by atoms with E-state index in [2.05, 4.69) is 14.9 Å². The second-order valence-electron chi connectivity index (χ2n) is 6.34. The fraction of sp³-hybridized carbons (Fsp3) is 0.389. The van der Waals surface area contributed by atoms with Crippen molar-refractivity contribution in [1.82, 2.24) is 9.97 Å². The molecular weight excluding hydrogens is 302 g/mol. The zero-order valence-corrected chi connectivity index (χ0v) is 13.6. The van der Waals surface area contributed by atoms with Crippen molar-refractivity contribution in [2.75, 3.05) is 35.2 Å². The number of benzene rings is 1. The summed E-state index contributed by atoms with van der Waals surface area (Å²) in [5, 5.41) is 0. The Hall–Kier alpha value is -2.63. The highest BCUT2D eigenvalue weighted by Gasteiger charge is 2.26. The Morgan fingerprint density at radius 1 is 1.08 bits per heavy atom. The molecule has 1 saturated heterocycles. The highest BCUT2D eigenvalue weighted by molar-refractivity contribution is 6.06. The molecule has 0 atom stereocenters. The number of amides is 1.